The number of hydrogen-bond donors (Lipinski definition) is 2. The molecule has 0 bridgehead atoms. The van der Waals surface area contributed by atoms with Crippen LogP contribution >= 0.6 is 11.6 Å². The average molecular weight is 411 g/mol. The van der Waals surface area contributed by atoms with Crippen molar-refractivity contribution < 1.29 is 14.3 Å². The van der Waals surface area contributed by atoms with E-state index in [2.05, 4.69) is 10.6 Å². The third kappa shape index (κ3) is 5.00. The Kier molecular flexibility index (Phi) is 6.62. The Hall–Kier alpha value is -3.18. The first kappa shape index (κ1) is 20.6. The molecular weight excluding hydrogens is 388 g/mol. The monoisotopic (exact) mass is 410 g/mol. The van der Waals surface area contributed by atoms with Gasteiger partial charge in [-0.25, -0.2) is 0 Å². The van der Waals surface area contributed by atoms with E-state index in [-0.39, 0.29) is 5.91 Å². The standard InChI is InChI=1S/C23H23ClN2O3/c1-15-9-11-21(29-3)19(13-15)26-23(27)22(16-7-5-4-6-8-16)25-17-10-12-20(28-2)18(24)14-17/h4-14,22,25H,1-3H3,(H,26,27)/t22-/m1/s1. The molecule has 0 saturated heterocycles. The van der Waals surface area contributed by atoms with Gasteiger partial charge in [-0.1, -0.05) is 48.0 Å². The van der Waals surface area contributed by atoms with Crippen LogP contribution in [0.25, 0.3) is 0 Å². The average Bonchev–Trinajstić information content (AvgIpc) is 2.73. The zero-order valence-corrected chi connectivity index (χ0v) is 17.3. The summed E-state index contributed by atoms with van der Waals surface area (Å²) in [6, 6.07) is 19.8. The third-order valence-corrected chi connectivity index (χ3v) is 4.77. The molecular formula is C23H23ClN2O3. The van der Waals surface area contributed by atoms with Crippen LogP contribution in [-0.4, -0.2) is 20.1 Å². The van der Waals surface area contributed by atoms with Gasteiger partial charge in [0.25, 0.3) is 5.91 Å². The number of hydrogen-bond acceptors (Lipinski definition) is 4. The summed E-state index contributed by atoms with van der Waals surface area (Å²) in [4.78, 5) is 13.2. The van der Waals surface area contributed by atoms with Crippen molar-refractivity contribution in [2.75, 3.05) is 24.9 Å². The van der Waals surface area contributed by atoms with Crippen LogP contribution in [0, 0.1) is 6.92 Å². The molecule has 0 aliphatic rings. The summed E-state index contributed by atoms with van der Waals surface area (Å²) in [6.07, 6.45) is 0. The summed E-state index contributed by atoms with van der Waals surface area (Å²) in [7, 11) is 3.14. The van der Waals surface area contributed by atoms with Crippen LogP contribution in [0.3, 0.4) is 0 Å². The molecule has 150 valence electrons. The molecule has 3 rings (SSSR count). The molecule has 0 heterocycles. The minimum Gasteiger partial charge on any atom is -0.495 e. The van der Waals surface area contributed by atoms with Crippen molar-refractivity contribution in [3.8, 4) is 11.5 Å². The summed E-state index contributed by atoms with van der Waals surface area (Å²) in [5.74, 6) is 0.956. The number of amides is 1. The molecule has 3 aromatic carbocycles. The van der Waals surface area contributed by atoms with Gasteiger partial charge in [0.05, 0.1) is 24.9 Å². The number of halogens is 1. The predicted octanol–water partition coefficient (Wildman–Crippen LogP) is 5.46. The molecule has 0 saturated carbocycles. The Morgan fingerprint density at radius 3 is 2.28 bits per heavy atom. The van der Waals surface area contributed by atoms with Gasteiger partial charge in [-0.05, 0) is 48.4 Å². The zero-order chi connectivity index (χ0) is 20.8. The van der Waals surface area contributed by atoms with Crippen LogP contribution in [0.4, 0.5) is 11.4 Å². The van der Waals surface area contributed by atoms with Crippen LogP contribution in [0.2, 0.25) is 5.02 Å². The number of aryl methyl sites for hydroxylation is 1. The Morgan fingerprint density at radius 1 is 0.931 bits per heavy atom. The van der Waals surface area contributed by atoms with E-state index in [0.717, 1.165) is 11.1 Å². The second-order valence-corrected chi connectivity index (χ2v) is 6.94. The van der Waals surface area contributed by atoms with Crippen molar-refractivity contribution in [2.45, 2.75) is 13.0 Å². The smallest absolute Gasteiger partial charge is 0.251 e. The summed E-state index contributed by atoms with van der Waals surface area (Å²) in [6.45, 7) is 1.96. The van der Waals surface area contributed by atoms with Gasteiger partial charge >= 0.3 is 0 Å². The normalized spacial score (nSPS) is 11.4. The van der Waals surface area contributed by atoms with Crippen molar-refractivity contribution in [3.05, 3.63) is 82.9 Å². The van der Waals surface area contributed by atoms with Crippen LogP contribution in [0.1, 0.15) is 17.2 Å². The van der Waals surface area contributed by atoms with Gasteiger partial charge in [-0.3, -0.25) is 4.79 Å². The Balaban J connectivity index is 1.91. The van der Waals surface area contributed by atoms with Crippen LogP contribution in [-0.2, 0) is 4.79 Å². The van der Waals surface area contributed by atoms with Gasteiger partial charge < -0.3 is 20.1 Å². The largest absolute Gasteiger partial charge is 0.495 e. The molecule has 0 aliphatic heterocycles. The highest BCUT2D eigenvalue weighted by atomic mass is 35.5. The number of nitrogens with one attached hydrogen (secondary N) is 2. The van der Waals surface area contributed by atoms with E-state index in [4.69, 9.17) is 21.1 Å². The number of methoxy groups -OCH3 is 2. The summed E-state index contributed by atoms with van der Waals surface area (Å²) in [5, 5.41) is 6.70. The molecule has 3 aromatic rings. The maximum absolute atomic E-state index is 13.2. The Morgan fingerprint density at radius 2 is 1.62 bits per heavy atom. The molecule has 1 amide bonds. The molecule has 6 heteroatoms. The minimum absolute atomic E-state index is 0.216. The first-order valence-electron chi connectivity index (χ1n) is 9.12. The van der Waals surface area contributed by atoms with Gasteiger partial charge in [-0.15, -0.1) is 0 Å². The number of carbonyl (C=O) groups is 1. The summed E-state index contributed by atoms with van der Waals surface area (Å²) in [5.41, 5.74) is 3.17. The van der Waals surface area contributed by atoms with Gasteiger partial charge in [0.2, 0.25) is 0 Å². The lowest BCUT2D eigenvalue weighted by molar-refractivity contribution is -0.117. The molecule has 0 radical (unpaired) electrons. The molecule has 2 N–H and O–H groups in total. The van der Waals surface area contributed by atoms with E-state index < -0.39 is 6.04 Å². The van der Waals surface area contributed by atoms with Gasteiger partial charge in [0.1, 0.15) is 17.5 Å². The van der Waals surface area contributed by atoms with Gasteiger partial charge in [-0.2, -0.15) is 0 Å². The third-order valence-electron chi connectivity index (χ3n) is 4.47. The lowest BCUT2D eigenvalue weighted by Gasteiger charge is -2.21. The number of benzene rings is 3. The van der Waals surface area contributed by atoms with Crippen LogP contribution in [0.15, 0.2) is 66.7 Å². The zero-order valence-electron chi connectivity index (χ0n) is 16.5. The maximum atomic E-state index is 13.2. The fourth-order valence-corrected chi connectivity index (χ4v) is 3.25. The lowest BCUT2D eigenvalue weighted by Crippen LogP contribution is -2.27. The molecule has 0 aliphatic carbocycles. The van der Waals surface area contributed by atoms with Crippen molar-refractivity contribution in [2.24, 2.45) is 0 Å². The fourth-order valence-electron chi connectivity index (χ4n) is 2.99. The summed E-state index contributed by atoms with van der Waals surface area (Å²) >= 11 is 6.24. The molecule has 0 fully saturated rings. The van der Waals surface area contributed by atoms with Crippen LogP contribution < -0.4 is 20.1 Å². The topological polar surface area (TPSA) is 59.6 Å². The highest BCUT2D eigenvalue weighted by Crippen LogP contribution is 2.31. The Labute approximate surface area is 175 Å². The highest BCUT2D eigenvalue weighted by Gasteiger charge is 2.22. The van der Waals surface area contributed by atoms with Crippen molar-refractivity contribution >= 4 is 28.9 Å². The molecule has 29 heavy (non-hydrogen) atoms. The lowest BCUT2D eigenvalue weighted by atomic mass is 10.1. The van der Waals surface area contributed by atoms with Gasteiger partial charge in [0, 0.05) is 5.69 Å². The SMILES string of the molecule is COc1ccc(N[C@@H](C(=O)Nc2cc(C)ccc2OC)c2ccccc2)cc1Cl. The predicted molar refractivity (Wildman–Crippen MR) is 117 cm³/mol. The van der Waals surface area contributed by atoms with Gasteiger partial charge in [0.15, 0.2) is 0 Å². The first-order chi connectivity index (χ1) is 14.0. The molecule has 5 nitrogen and oxygen atoms in total. The Bertz CT molecular complexity index is 993. The number of ether oxygens (including phenoxy) is 2. The second-order valence-electron chi connectivity index (χ2n) is 6.53. The van der Waals surface area contributed by atoms with Crippen LogP contribution in [0.5, 0.6) is 11.5 Å². The van der Waals surface area contributed by atoms with Crippen molar-refractivity contribution in [1.82, 2.24) is 0 Å². The van der Waals surface area contributed by atoms with Crippen molar-refractivity contribution in [3.63, 3.8) is 0 Å². The second kappa shape index (κ2) is 9.34. The molecule has 1 atom stereocenters. The van der Waals surface area contributed by atoms with E-state index in [9.17, 15) is 4.79 Å². The number of rotatable bonds is 7. The van der Waals surface area contributed by atoms with E-state index in [1.165, 1.54) is 0 Å². The van der Waals surface area contributed by atoms with E-state index >= 15 is 0 Å². The number of carbonyl (C=O) groups excluding carboxylic acids is 1. The van der Waals surface area contributed by atoms with E-state index in [1.807, 2.05) is 61.5 Å². The summed E-state index contributed by atoms with van der Waals surface area (Å²) < 4.78 is 10.6. The molecule has 0 spiro atoms. The quantitative estimate of drug-likeness (QED) is 0.543. The number of anilines is 2. The van der Waals surface area contributed by atoms with Crippen molar-refractivity contribution in [1.29, 1.82) is 0 Å². The minimum atomic E-state index is -0.633. The molecule has 0 unspecified atom stereocenters. The fraction of sp³-hybridized carbons (Fsp3) is 0.174. The highest BCUT2D eigenvalue weighted by molar-refractivity contribution is 6.32. The van der Waals surface area contributed by atoms with E-state index in [1.54, 1.807) is 26.4 Å². The first-order valence-corrected chi connectivity index (χ1v) is 9.50. The maximum Gasteiger partial charge on any atom is 0.251 e. The molecule has 0 aromatic heterocycles. The van der Waals surface area contributed by atoms with E-state index in [0.29, 0.717) is 27.9 Å².